The first-order chi connectivity index (χ1) is 17.6. The van der Waals surface area contributed by atoms with Crippen LogP contribution in [0.3, 0.4) is 0 Å². The maximum atomic E-state index is 13.4. The number of rotatable bonds is 5. The van der Waals surface area contributed by atoms with Crippen molar-refractivity contribution in [1.82, 2.24) is 5.01 Å². The highest BCUT2D eigenvalue weighted by molar-refractivity contribution is 6.08. The maximum absolute atomic E-state index is 13.4. The molecule has 1 heterocycles. The maximum Gasteiger partial charge on any atom is 0.338 e. The molecule has 1 aliphatic carbocycles. The van der Waals surface area contributed by atoms with E-state index >= 15 is 0 Å². The molecule has 6 heteroatoms. The predicted molar refractivity (Wildman–Crippen MR) is 137 cm³/mol. The van der Waals surface area contributed by atoms with Gasteiger partial charge in [-0.05, 0) is 66.3 Å². The second kappa shape index (κ2) is 10.4. The van der Waals surface area contributed by atoms with Crippen LogP contribution in [0.2, 0.25) is 0 Å². The zero-order chi connectivity index (χ0) is 24.9. The molecule has 5 rings (SSSR count). The molecule has 1 fully saturated rings. The number of hydrogen-bond donors (Lipinski definition) is 0. The number of nitriles is 1. The van der Waals surface area contributed by atoms with Gasteiger partial charge in [-0.25, -0.2) is 9.80 Å². The average Bonchev–Trinajstić information content (AvgIpc) is 3.33. The Morgan fingerprint density at radius 2 is 1.69 bits per heavy atom. The SMILES string of the molecule is N#Cc1ccc(C(=O)OCC(=O)N2N=C3C(=Cc4ccccc4)CCCC3C2c2ccccc2)cc1. The summed E-state index contributed by atoms with van der Waals surface area (Å²) in [4.78, 5) is 25.9. The van der Waals surface area contributed by atoms with Crippen molar-refractivity contribution in [2.24, 2.45) is 11.0 Å². The molecule has 2 unspecified atom stereocenters. The van der Waals surface area contributed by atoms with E-state index in [2.05, 4.69) is 18.2 Å². The van der Waals surface area contributed by atoms with Crippen LogP contribution in [0.5, 0.6) is 0 Å². The lowest BCUT2D eigenvalue weighted by Gasteiger charge is -2.29. The summed E-state index contributed by atoms with van der Waals surface area (Å²) in [5.74, 6) is -0.904. The second-order valence-corrected chi connectivity index (χ2v) is 8.92. The van der Waals surface area contributed by atoms with E-state index in [0.29, 0.717) is 5.56 Å². The smallest absolute Gasteiger partial charge is 0.338 e. The summed E-state index contributed by atoms with van der Waals surface area (Å²) >= 11 is 0. The molecule has 0 aromatic heterocycles. The standard InChI is InChI=1S/C30H25N3O3/c31-19-22-14-16-24(17-15-22)30(35)36-20-27(34)33-29(23-10-5-2-6-11-23)26-13-7-12-25(28(26)32-33)18-21-8-3-1-4-9-21/h1-6,8-11,14-18,26,29H,7,12-13,20H2. The fourth-order valence-electron chi connectivity index (χ4n) is 4.90. The van der Waals surface area contributed by atoms with Crippen molar-refractivity contribution in [2.75, 3.05) is 6.61 Å². The Bertz CT molecular complexity index is 1360. The van der Waals surface area contributed by atoms with Gasteiger partial charge in [0.25, 0.3) is 5.91 Å². The van der Waals surface area contributed by atoms with Crippen LogP contribution in [0, 0.1) is 17.2 Å². The average molecular weight is 476 g/mol. The molecule has 1 aliphatic heterocycles. The Balaban J connectivity index is 1.40. The monoisotopic (exact) mass is 475 g/mol. The number of fused-ring (bicyclic) bond motifs is 1. The summed E-state index contributed by atoms with van der Waals surface area (Å²) in [6.07, 6.45) is 5.01. The van der Waals surface area contributed by atoms with Gasteiger partial charge in [0.1, 0.15) is 0 Å². The minimum atomic E-state index is -0.613. The van der Waals surface area contributed by atoms with Gasteiger partial charge in [-0.3, -0.25) is 4.79 Å². The summed E-state index contributed by atoms with van der Waals surface area (Å²) < 4.78 is 5.34. The Labute approximate surface area is 210 Å². The molecular formula is C30H25N3O3. The molecule has 0 radical (unpaired) electrons. The molecule has 3 aromatic rings. The lowest BCUT2D eigenvalue weighted by atomic mass is 9.77. The number of hydrogen-bond acceptors (Lipinski definition) is 5. The third-order valence-corrected chi connectivity index (χ3v) is 6.62. The minimum absolute atomic E-state index is 0.0780. The Kier molecular flexibility index (Phi) is 6.72. The third kappa shape index (κ3) is 4.82. The van der Waals surface area contributed by atoms with Crippen LogP contribution in [-0.2, 0) is 9.53 Å². The van der Waals surface area contributed by atoms with Gasteiger partial charge in [0.05, 0.1) is 28.9 Å². The number of esters is 1. The van der Waals surface area contributed by atoms with E-state index in [9.17, 15) is 9.59 Å². The number of nitrogens with zero attached hydrogens (tertiary/aromatic N) is 3. The van der Waals surface area contributed by atoms with Crippen LogP contribution >= 0.6 is 0 Å². The van der Waals surface area contributed by atoms with Crippen LogP contribution in [-0.4, -0.2) is 29.2 Å². The van der Waals surface area contributed by atoms with Gasteiger partial charge in [-0.15, -0.1) is 0 Å². The second-order valence-electron chi connectivity index (χ2n) is 8.92. The van der Waals surface area contributed by atoms with E-state index in [1.807, 2.05) is 54.6 Å². The number of benzene rings is 3. The normalized spacial score (nSPS) is 19.8. The highest BCUT2D eigenvalue weighted by Gasteiger charge is 2.43. The van der Waals surface area contributed by atoms with Gasteiger partial charge in [0, 0.05) is 5.92 Å². The van der Waals surface area contributed by atoms with E-state index in [1.54, 1.807) is 12.1 Å². The van der Waals surface area contributed by atoms with E-state index in [-0.39, 0.29) is 23.4 Å². The Morgan fingerprint density at radius 3 is 2.39 bits per heavy atom. The van der Waals surface area contributed by atoms with Crippen molar-refractivity contribution < 1.29 is 14.3 Å². The molecule has 1 amide bonds. The lowest BCUT2D eigenvalue weighted by molar-refractivity contribution is -0.137. The molecular weight excluding hydrogens is 450 g/mol. The van der Waals surface area contributed by atoms with E-state index in [0.717, 1.165) is 41.7 Å². The molecule has 0 spiro atoms. The fraction of sp³-hybridized carbons (Fsp3) is 0.200. The number of amides is 1. The number of ether oxygens (including phenoxy) is 1. The fourth-order valence-corrected chi connectivity index (χ4v) is 4.90. The van der Waals surface area contributed by atoms with Gasteiger partial charge in [-0.2, -0.15) is 10.4 Å². The van der Waals surface area contributed by atoms with Gasteiger partial charge >= 0.3 is 5.97 Å². The molecule has 178 valence electrons. The molecule has 0 saturated heterocycles. The zero-order valence-corrected chi connectivity index (χ0v) is 19.7. The van der Waals surface area contributed by atoms with Crippen LogP contribution in [0.15, 0.2) is 95.6 Å². The number of hydrazone groups is 1. The highest BCUT2D eigenvalue weighted by Crippen LogP contribution is 2.44. The number of carbonyl (C=O) groups is 2. The first-order valence-electron chi connectivity index (χ1n) is 12.0. The molecule has 6 nitrogen and oxygen atoms in total. The zero-order valence-electron chi connectivity index (χ0n) is 19.7. The molecule has 2 atom stereocenters. The summed E-state index contributed by atoms with van der Waals surface area (Å²) in [5, 5.41) is 15.3. The molecule has 0 bridgehead atoms. The number of allylic oxidation sites excluding steroid dienone is 1. The van der Waals surface area contributed by atoms with Crippen molar-refractivity contribution in [3.8, 4) is 6.07 Å². The molecule has 3 aromatic carbocycles. The first-order valence-corrected chi connectivity index (χ1v) is 12.0. The molecule has 36 heavy (non-hydrogen) atoms. The lowest BCUT2D eigenvalue weighted by Crippen LogP contribution is -2.34. The van der Waals surface area contributed by atoms with E-state index in [1.165, 1.54) is 17.1 Å². The van der Waals surface area contributed by atoms with Crippen LogP contribution < -0.4 is 0 Å². The van der Waals surface area contributed by atoms with Crippen LogP contribution in [0.4, 0.5) is 0 Å². The Morgan fingerprint density at radius 1 is 1.00 bits per heavy atom. The molecule has 0 N–H and O–H groups in total. The van der Waals surface area contributed by atoms with Gasteiger partial charge in [0.2, 0.25) is 0 Å². The quantitative estimate of drug-likeness (QED) is 0.454. The highest BCUT2D eigenvalue weighted by atomic mass is 16.5. The molecule has 2 aliphatic rings. The summed E-state index contributed by atoms with van der Waals surface area (Å²) in [5.41, 5.74) is 4.93. The third-order valence-electron chi connectivity index (χ3n) is 6.62. The van der Waals surface area contributed by atoms with Gasteiger partial charge in [0.15, 0.2) is 6.61 Å². The summed E-state index contributed by atoms with van der Waals surface area (Å²) in [6.45, 7) is -0.413. The Hall–Kier alpha value is -4.50. The van der Waals surface area contributed by atoms with Crippen molar-refractivity contribution in [1.29, 1.82) is 5.26 Å². The van der Waals surface area contributed by atoms with Crippen molar-refractivity contribution >= 4 is 23.7 Å². The largest absolute Gasteiger partial charge is 0.452 e. The van der Waals surface area contributed by atoms with Crippen molar-refractivity contribution in [3.05, 3.63) is 113 Å². The summed E-state index contributed by atoms with van der Waals surface area (Å²) in [7, 11) is 0. The van der Waals surface area contributed by atoms with Gasteiger partial charge in [-0.1, -0.05) is 60.7 Å². The van der Waals surface area contributed by atoms with Gasteiger partial charge < -0.3 is 4.74 Å². The topological polar surface area (TPSA) is 82.8 Å². The summed E-state index contributed by atoms with van der Waals surface area (Å²) in [6, 6.07) is 27.9. The predicted octanol–water partition coefficient (Wildman–Crippen LogP) is 5.54. The van der Waals surface area contributed by atoms with Crippen LogP contribution in [0.25, 0.3) is 6.08 Å². The minimum Gasteiger partial charge on any atom is -0.452 e. The van der Waals surface area contributed by atoms with E-state index in [4.69, 9.17) is 15.1 Å². The van der Waals surface area contributed by atoms with Crippen LogP contribution in [0.1, 0.15) is 52.4 Å². The van der Waals surface area contributed by atoms with Crippen molar-refractivity contribution in [2.45, 2.75) is 25.3 Å². The number of carbonyl (C=O) groups excluding carboxylic acids is 2. The van der Waals surface area contributed by atoms with E-state index < -0.39 is 12.6 Å². The molecule has 1 saturated carbocycles. The first kappa shape index (κ1) is 23.3. The van der Waals surface area contributed by atoms with Crippen molar-refractivity contribution in [3.63, 3.8) is 0 Å².